The quantitative estimate of drug-likeness (QED) is 0.638. The summed E-state index contributed by atoms with van der Waals surface area (Å²) in [5.41, 5.74) is 0. The molecule has 0 spiro atoms. The van der Waals surface area contributed by atoms with Gasteiger partial charge in [-0.05, 0) is 19.1 Å². The van der Waals surface area contributed by atoms with Crippen molar-refractivity contribution in [2.24, 2.45) is 0 Å². The number of aliphatic hydroxyl groups is 1. The van der Waals surface area contributed by atoms with Crippen LogP contribution in [-0.2, 0) is 19.1 Å². The van der Waals surface area contributed by atoms with E-state index in [1.165, 1.54) is 12.2 Å². The van der Waals surface area contributed by atoms with Gasteiger partial charge in [0, 0.05) is 0 Å². The van der Waals surface area contributed by atoms with E-state index in [2.05, 4.69) is 4.74 Å². The Labute approximate surface area is 81.3 Å². The summed E-state index contributed by atoms with van der Waals surface area (Å²) in [4.78, 5) is 22.2. The Morgan fingerprint density at radius 2 is 2.43 bits per heavy atom. The van der Waals surface area contributed by atoms with Gasteiger partial charge in [-0.3, -0.25) is 9.59 Å². The second-order valence-corrected chi connectivity index (χ2v) is 2.79. The molecule has 1 rings (SSSR count). The first-order valence-corrected chi connectivity index (χ1v) is 4.34. The van der Waals surface area contributed by atoms with Crippen LogP contribution in [-0.4, -0.2) is 35.9 Å². The number of ether oxygens (including phenoxy) is 2. The third kappa shape index (κ3) is 2.93. The highest BCUT2D eigenvalue weighted by Gasteiger charge is 2.26. The smallest absolute Gasteiger partial charge is 0.308 e. The molecule has 0 fully saturated rings. The van der Waals surface area contributed by atoms with Crippen molar-refractivity contribution in [3.05, 3.63) is 12.2 Å². The van der Waals surface area contributed by atoms with Gasteiger partial charge in [0.1, 0.15) is 6.10 Å². The van der Waals surface area contributed by atoms with Crippen LogP contribution < -0.4 is 0 Å². The number of esters is 1. The summed E-state index contributed by atoms with van der Waals surface area (Å²) < 4.78 is 9.49. The summed E-state index contributed by atoms with van der Waals surface area (Å²) in [7, 11) is 0. The second-order valence-electron chi connectivity index (χ2n) is 2.79. The molecule has 0 bridgehead atoms. The van der Waals surface area contributed by atoms with E-state index >= 15 is 0 Å². The SMILES string of the molecule is CCOC(=O)C[C@H]1OC(O)C=CC1=O. The predicted octanol–water partition coefficient (Wildman–Crippen LogP) is -0.218. The third-order valence-corrected chi connectivity index (χ3v) is 1.70. The van der Waals surface area contributed by atoms with Crippen LogP contribution in [0.15, 0.2) is 12.2 Å². The molecule has 1 aliphatic heterocycles. The molecule has 0 aromatic carbocycles. The minimum atomic E-state index is -1.12. The molecule has 1 unspecified atom stereocenters. The maximum atomic E-state index is 11.1. The molecule has 5 nitrogen and oxygen atoms in total. The van der Waals surface area contributed by atoms with Crippen LogP contribution in [0.3, 0.4) is 0 Å². The molecule has 78 valence electrons. The van der Waals surface area contributed by atoms with Crippen LogP contribution in [0, 0.1) is 0 Å². The molecule has 14 heavy (non-hydrogen) atoms. The largest absolute Gasteiger partial charge is 0.466 e. The first-order chi connectivity index (χ1) is 6.63. The van der Waals surface area contributed by atoms with Gasteiger partial charge in [0.2, 0.25) is 0 Å². The number of hydrogen-bond donors (Lipinski definition) is 1. The molecule has 5 heteroatoms. The van der Waals surface area contributed by atoms with Crippen LogP contribution in [0.5, 0.6) is 0 Å². The topological polar surface area (TPSA) is 72.8 Å². The molecular weight excluding hydrogens is 188 g/mol. The monoisotopic (exact) mass is 200 g/mol. The Hall–Kier alpha value is -1.20. The normalized spacial score (nSPS) is 26.3. The van der Waals surface area contributed by atoms with E-state index in [4.69, 9.17) is 9.84 Å². The summed E-state index contributed by atoms with van der Waals surface area (Å²) in [6.07, 6.45) is 0.233. The summed E-state index contributed by atoms with van der Waals surface area (Å²) in [5, 5.41) is 9.03. The maximum Gasteiger partial charge on any atom is 0.308 e. The van der Waals surface area contributed by atoms with E-state index in [9.17, 15) is 9.59 Å². The zero-order chi connectivity index (χ0) is 10.6. The number of aliphatic hydroxyl groups excluding tert-OH is 1. The standard InChI is InChI=1S/C9H12O5/c1-2-13-9(12)5-7-6(10)3-4-8(11)14-7/h3-4,7-8,11H,2,5H2,1H3/t7-,8?/m1/s1. The third-order valence-electron chi connectivity index (χ3n) is 1.70. The fourth-order valence-electron chi connectivity index (χ4n) is 1.09. The van der Waals surface area contributed by atoms with Crippen molar-refractivity contribution in [1.82, 2.24) is 0 Å². The first kappa shape index (κ1) is 10.9. The molecule has 0 aromatic rings. The van der Waals surface area contributed by atoms with Gasteiger partial charge in [0.05, 0.1) is 13.0 Å². The number of carbonyl (C=O) groups is 2. The van der Waals surface area contributed by atoms with Crippen molar-refractivity contribution in [3.8, 4) is 0 Å². The van der Waals surface area contributed by atoms with Crippen molar-refractivity contribution in [2.75, 3.05) is 6.61 Å². The van der Waals surface area contributed by atoms with E-state index < -0.39 is 18.4 Å². The fourth-order valence-corrected chi connectivity index (χ4v) is 1.09. The van der Waals surface area contributed by atoms with Gasteiger partial charge in [0.15, 0.2) is 12.1 Å². The predicted molar refractivity (Wildman–Crippen MR) is 46.3 cm³/mol. The molecule has 0 aromatic heterocycles. The van der Waals surface area contributed by atoms with Crippen LogP contribution in [0.4, 0.5) is 0 Å². The lowest BCUT2D eigenvalue weighted by molar-refractivity contribution is -0.161. The van der Waals surface area contributed by atoms with Gasteiger partial charge in [-0.25, -0.2) is 0 Å². The maximum absolute atomic E-state index is 11.1. The summed E-state index contributed by atoms with van der Waals surface area (Å²) >= 11 is 0. The molecule has 0 aliphatic carbocycles. The molecule has 0 radical (unpaired) electrons. The van der Waals surface area contributed by atoms with Gasteiger partial charge in [0.25, 0.3) is 0 Å². The van der Waals surface area contributed by atoms with E-state index in [-0.39, 0.29) is 18.8 Å². The van der Waals surface area contributed by atoms with E-state index in [1.807, 2.05) is 0 Å². The molecule has 0 saturated carbocycles. The molecular formula is C9H12O5. The van der Waals surface area contributed by atoms with Gasteiger partial charge < -0.3 is 14.6 Å². The number of rotatable bonds is 3. The van der Waals surface area contributed by atoms with Crippen LogP contribution >= 0.6 is 0 Å². The number of ketones is 1. The van der Waals surface area contributed by atoms with Crippen molar-refractivity contribution >= 4 is 11.8 Å². The van der Waals surface area contributed by atoms with E-state index in [0.29, 0.717) is 0 Å². The van der Waals surface area contributed by atoms with Crippen molar-refractivity contribution in [3.63, 3.8) is 0 Å². The van der Waals surface area contributed by atoms with Gasteiger partial charge in [-0.2, -0.15) is 0 Å². The molecule has 1 N–H and O–H groups in total. The minimum absolute atomic E-state index is 0.159. The molecule has 0 saturated heterocycles. The molecule has 1 aliphatic rings. The second kappa shape index (κ2) is 4.88. The number of hydrogen-bond acceptors (Lipinski definition) is 5. The Morgan fingerprint density at radius 3 is 3.07 bits per heavy atom. The molecule has 2 atom stereocenters. The lowest BCUT2D eigenvalue weighted by atomic mass is 10.1. The molecule has 0 amide bonds. The van der Waals surface area contributed by atoms with Crippen molar-refractivity contribution < 1.29 is 24.2 Å². The summed E-state index contributed by atoms with van der Waals surface area (Å²) in [5.74, 6) is -0.836. The summed E-state index contributed by atoms with van der Waals surface area (Å²) in [6.45, 7) is 1.94. The van der Waals surface area contributed by atoms with Gasteiger partial charge in [-0.1, -0.05) is 0 Å². The average molecular weight is 200 g/mol. The van der Waals surface area contributed by atoms with E-state index in [0.717, 1.165) is 0 Å². The first-order valence-electron chi connectivity index (χ1n) is 4.34. The van der Waals surface area contributed by atoms with Gasteiger partial charge in [-0.15, -0.1) is 0 Å². The number of carbonyl (C=O) groups excluding carboxylic acids is 2. The zero-order valence-electron chi connectivity index (χ0n) is 7.80. The highest BCUT2D eigenvalue weighted by molar-refractivity contribution is 5.96. The zero-order valence-corrected chi connectivity index (χ0v) is 7.80. The average Bonchev–Trinajstić information content (AvgIpc) is 2.12. The van der Waals surface area contributed by atoms with Crippen LogP contribution in [0.2, 0.25) is 0 Å². The Bertz CT molecular complexity index is 258. The molecule has 1 heterocycles. The van der Waals surface area contributed by atoms with E-state index in [1.54, 1.807) is 6.92 Å². The summed E-state index contributed by atoms with van der Waals surface area (Å²) in [6, 6.07) is 0. The Morgan fingerprint density at radius 1 is 1.71 bits per heavy atom. The highest BCUT2D eigenvalue weighted by Crippen LogP contribution is 2.11. The van der Waals surface area contributed by atoms with Gasteiger partial charge >= 0.3 is 5.97 Å². The lowest BCUT2D eigenvalue weighted by Crippen LogP contribution is -2.33. The minimum Gasteiger partial charge on any atom is -0.466 e. The van der Waals surface area contributed by atoms with Crippen LogP contribution in [0.25, 0.3) is 0 Å². The fraction of sp³-hybridized carbons (Fsp3) is 0.556. The van der Waals surface area contributed by atoms with Crippen molar-refractivity contribution in [1.29, 1.82) is 0 Å². The highest BCUT2D eigenvalue weighted by atomic mass is 16.6. The Balaban J connectivity index is 2.48. The van der Waals surface area contributed by atoms with Crippen LogP contribution in [0.1, 0.15) is 13.3 Å². The van der Waals surface area contributed by atoms with Crippen molar-refractivity contribution in [2.45, 2.75) is 25.7 Å². The lowest BCUT2D eigenvalue weighted by Gasteiger charge is -2.20. The Kier molecular flexibility index (Phi) is 3.79.